The van der Waals surface area contributed by atoms with Gasteiger partial charge in [-0.25, -0.2) is 4.39 Å². The van der Waals surface area contributed by atoms with Crippen molar-refractivity contribution in [3.05, 3.63) is 63.9 Å². The average molecular weight is 478 g/mol. The molecule has 0 radical (unpaired) electrons. The van der Waals surface area contributed by atoms with Crippen LogP contribution in [-0.4, -0.2) is 65.4 Å². The molecule has 2 aromatic rings. The van der Waals surface area contributed by atoms with E-state index in [1.807, 2.05) is 0 Å². The van der Waals surface area contributed by atoms with Gasteiger partial charge in [0.2, 0.25) is 5.91 Å². The third-order valence-corrected chi connectivity index (χ3v) is 5.54. The summed E-state index contributed by atoms with van der Waals surface area (Å²) in [6.07, 6.45) is 0.103. The Labute approximate surface area is 181 Å². The zero-order valence-corrected chi connectivity index (χ0v) is 17.7. The summed E-state index contributed by atoms with van der Waals surface area (Å²) < 4.78 is 13.8. The Bertz CT molecular complexity index is 961. The molecule has 0 spiro atoms. The third kappa shape index (κ3) is 5.15. The molecular weight excluding hydrogens is 457 g/mol. The number of carbonyl (C=O) groups excluding carboxylic acids is 3. The van der Waals surface area contributed by atoms with Crippen molar-refractivity contribution in [3.8, 4) is 5.75 Å². The Balaban J connectivity index is 1.45. The van der Waals surface area contributed by atoms with Gasteiger partial charge in [-0.15, -0.1) is 0 Å². The first kappa shape index (κ1) is 21.8. The highest BCUT2D eigenvalue weighted by Gasteiger charge is 2.26. The van der Waals surface area contributed by atoms with Crippen molar-refractivity contribution >= 4 is 33.7 Å². The van der Waals surface area contributed by atoms with Crippen LogP contribution in [0.15, 0.2) is 46.9 Å². The van der Waals surface area contributed by atoms with Gasteiger partial charge in [0.25, 0.3) is 11.8 Å². The van der Waals surface area contributed by atoms with E-state index < -0.39 is 11.7 Å². The van der Waals surface area contributed by atoms with E-state index in [1.54, 1.807) is 28.0 Å². The lowest BCUT2D eigenvalue weighted by Crippen LogP contribution is -2.51. The fraction of sp³-hybridized carbons (Fsp3) is 0.286. The highest BCUT2D eigenvalue weighted by molar-refractivity contribution is 9.10. The smallest absolute Gasteiger partial charge is 0.257 e. The zero-order chi connectivity index (χ0) is 21.7. The quantitative estimate of drug-likeness (QED) is 0.691. The Hall–Kier alpha value is -2.94. The lowest BCUT2D eigenvalue weighted by molar-refractivity contribution is -0.132. The molecule has 3 rings (SSSR count). The van der Waals surface area contributed by atoms with Crippen molar-refractivity contribution in [1.29, 1.82) is 0 Å². The summed E-state index contributed by atoms with van der Waals surface area (Å²) in [5, 5.41) is 12.5. The molecule has 30 heavy (non-hydrogen) atoms. The molecule has 1 fully saturated rings. The van der Waals surface area contributed by atoms with Crippen LogP contribution in [-0.2, 0) is 4.79 Å². The minimum absolute atomic E-state index is 0.0679. The summed E-state index contributed by atoms with van der Waals surface area (Å²) in [4.78, 5) is 40.3. The van der Waals surface area contributed by atoms with E-state index >= 15 is 0 Å². The van der Waals surface area contributed by atoms with E-state index in [4.69, 9.17) is 0 Å². The molecule has 2 N–H and O–H groups in total. The topological polar surface area (TPSA) is 90.0 Å². The molecule has 1 aliphatic rings. The number of nitrogens with one attached hydrogen (secondary N) is 1. The summed E-state index contributed by atoms with van der Waals surface area (Å²) in [6, 6.07) is 10.2. The number of rotatable bonds is 5. The van der Waals surface area contributed by atoms with Gasteiger partial charge < -0.3 is 20.2 Å². The maximum absolute atomic E-state index is 13.3. The highest BCUT2D eigenvalue weighted by Crippen LogP contribution is 2.19. The van der Waals surface area contributed by atoms with Gasteiger partial charge in [0.1, 0.15) is 11.6 Å². The van der Waals surface area contributed by atoms with Crippen LogP contribution in [0.1, 0.15) is 27.1 Å². The molecule has 0 aliphatic carbocycles. The molecule has 2 aromatic carbocycles. The molecule has 158 valence electrons. The maximum Gasteiger partial charge on any atom is 0.257 e. The fourth-order valence-electron chi connectivity index (χ4n) is 3.19. The lowest BCUT2D eigenvalue weighted by Gasteiger charge is -2.35. The number of para-hydroxylation sites is 1. The van der Waals surface area contributed by atoms with E-state index in [2.05, 4.69) is 21.2 Å². The summed E-state index contributed by atoms with van der Waals surface area (Å²) in [5.41, 5.74) is 0.405. The Morgan fingerprint density at radius 3 is 2.37 bits per heavy atom. The van der Waals surface area contributed by atoms with Gasteiger partial charge in [-0.1, -0.05) is 12.1 Å². The van der Waals surface area contributed by atoms with Crippen LogP contribution in [0.4, 0.5) is 4.39 Å². The van der Waals surface area contributed by atoms with Crippen molar-refractivity contribution in [2.75, 3.05) is 32.7 Å². The van der Waals surface area contributed by atoms with E-state index in [0.29, 0.717) is 30.7 Å². The predicted octanol–water partition coefficient (Wildman–Crippen LogP) is 2.40. The minimum atomic E-state index is -0.518. The Morgan fingerprint density at radius 1 is 1.00 bits per heavy atom. The molecule has 0 atom stereocenters. The number of phenols is 1. The standard InChI is InChI=1S/C21H21BrFN3O4/c22-17-6-5-14(23)13-16(17)20(29)24-8-7-19(28)25-9-11-26(12-10-25)21(30)15-3-1-2-4-18(15)27/h1-6,13,27H,7-12H2,(H,24,29). The molecule has 1 aliphatic heterocycles. The van der Waals surface area contributed by atoms with E-state index in [0.717, 1.165) is 6.07 Å². The number of hydrogen-bond acceptors (Lipinski definition) is 4. The van der Waals surface area contributed by atoms with Crippen LogP contribution in [0, 0.1) is 5.82 Å². The maximum atomic E-state index is 13.3. The van der Waals surface area contributed by atoms with Gasteiger partial charge in [0.15, 0.2) is 0 Å². The SMILES string of the molecule is O=C(NCCC(=O)N1CCN(C(=O)c2ccccc2O)CC1)c1cc(F)ccc1Br. The molecule has 0 aromatic heterocycles. The zero-order valence-electron chi connectivity index (χ0n) is 16.1. The van der Waals surface area contributed by atoms with Crippen molar-refractivity contribution < 1.29 is 23.9 Å². The number of phenolic OH excluding ortho intramolecular Hbond substituents is 1. The first-order valence-electron chi connectivity index (χ1n) is 9.45. The first-order valence-corrected chi connectivity index (χ1v) is 10.2. The summed E-state index contributed by atoms with van der Waals surface area (Å²) in [7, 11) is 0. The molecule has 0 unspecified atom stereocenters. The van der Waals surface area contributed by atoms with Gasteiger partial charge in [0, 0.05) is 43.6 Å². The molecule has 0 saturated carbocycles. The largest absolute Gasteiger partial charge is 0.507 e. The second-order valence-corrected chi connectivity index (χ2v) is 7.67. The second-order valence-electron chi connectivity index (χ2n) is 6.82. The normalized spacial score (nSPS) is 13.8. The number of amides is 3. The van der Waals surface area contributed by atoms with Crippen molar-refractivity contribution in [3.63, 3.8) is 0 Å². The molecular formula is C21H21BrFN3O4. The first-order chi connectivity index (χ1) is 14.4. The monoisotopic (exact) mass is 477 g/mol. The van der Waals surface area contributed by atoms with Gasteiger partial charge in [0.05, 0.1) is 11.1 Å². The van der Waals surface area contributed by atoms with E-state index in [9.17, 15) is 23.9 Å². The number of piperazine rings is 1. The third-order valence-electron chi connectivity index (χ3n) is 4.85. The molecule has 1 heterocycles. The van der Waals surface area contributed by atoms with Gasteiger partial charge in [-0.3, -0.25) is 14.4 Å². The van der Waals surface area contributed by atoms with Gasteiger partial charge in [-0.05, 0) is 46.3 Å². The fourth-order valence-corrected chi connectivity index (χ4v) is 3.62. The molecule has 7 nitrogen and oxygen atoms in total. The predicted molar refractivity (Wildman–Crippen MR) is 112 cm³/mol. The second kappa shape index (κ2) is 9.71. The Kier molecular flexibility index (Phi) is 7.04. The van der Waals surface area contributed by atoms with Crippen molar-refractivity contribution in [1.82, 2.24) is 15.1 Å². The highest BCUT2D eigenvalue weighted by atomic mass is 79.9. The number of aromatic hydroxyl groups is 1. The van der Waals surface area contributed by atoms with E-state index in [-0.39, 0.29) is 41.7 Å². The van der Waals surface area contributed by atoms with Crippen LogP contribution >= 0.6 is 15.9 Å². The summed E-state index contributed by atoms with van der Waals surface area (Å²) in [5.74, 6) is -1.46. The Morgan fingerprint density at radius 2 is 1.67 bits per heavy atom. The molecule has 3 amide bonds. The van der Waals surface area contributed by atoms with Crippen molar-refractivity contribution in [2.24, 2.45) is 0 Å². The average Bonchev–Trinajstić information content (AvgIpc) is 2.75. The van der Waals surface area contributed by atoms with Crippen LogP contribution < -0.4 is 5.32 Å². The van der Waals surface area contributed by atoms with E-state index in [1.165, 1.54) is 18.2 Å². The number of hydrogen-bond donors (Lipinski definition) is 2. The number of halogens is 2. The molecule has 9 heteroatoms. The summed E-state index contributed by atoms with van der Waals surface area (Å²) in [6.45, 7) is 1.60. The van der Waals surface area contributed by atoms with Crippen LogP contribution in [0.5, 0.6) is 5.75 Å². The van der Waals surface area contributed by atoms with Crippen LogP contribution in [0.3, 0.4) is 0 Å². The number of nitrogens with zero attached hydrogens (tertiary/aromatic N) is 2. The van der Waals surface area contributed by atoms with Crippen molar-refractivity contribution in [2.45, 2.75) is 6.42 Å². The van der Waals surface area contributed by atoms with Gasteiger partial charge in [-0.2, -0.15) is 0 Å². The minimum Gasteiger partial charge on any atom is -0.507 e. The summed E-state index contributed by atoms with van der Waals surface area (Å²) >= 11 is 3.20. The number of carbonyl (C=O) groups is 3. The van der Waals surface area contributed by atoms with Crippen LogP contribution in [0.25, 0.3) is 0 Å². The lowest BCUT2D eigenvalue weighted by atomic mass is 10.1. The molecule has 0 bridgehead atoms. The molecule has 1 saturated heterocycles. The van der Waals surface area contributed by atoms with Gasteiger partial charge >= 0.3 is 0 Å². The number of benzene rings is 2. The van der Waals surface area contributed by atoms with Crippen LogP contribution in [0.2, 0.25) is 0 Å².